The van der Waals surface area contributed by atoms with Gasteiger partial charge in [0, 0.05) is 34.2 Å². The molecule has 4 rings (SSSR count). The summed E-state index contributed by atoms with van der Waals surface area (Å²) in [5.41, 5.74) is 0.867. The number of hydrogen-bond donors (Lipinski definition) is 1. The number of likely N-dealkylation sites (N-methyl/N-ethyl adjacent to an activating group) is 1. The minimum Gasteiger partial charge on any atom is -0.324 e. The SMILES string of the molecule is CN(C)CC(=O)c1ccc(NC(=O)[C@H]2[C@H](c3cccc(Cl)c3F)[C@H](c3ccc(Cl)cc3F)[C@@H](CC(C)(C)C)N2C#N)cc1. The van der Waals surface area contributed by atoms with E-state index in [0.29, 0.717) is 17.7 Å². The Morgan fingerprint density at radius 2 is 1.67 bits per heavy atom. The van der Waals surface area contributed by atoms with Gasteiger partial charge in [-0.05, 0) is 79.5 Å². The average molecular weight is 628 g/mol. The first kappa shape index (κ1) is 32.4. The molecule has 0 aliphatic carbocycles. The molecule has 10 heteroatoms. The molecule has 43 heavy (non-hydrogen) atoms. The fraction of sp³-hybridized carbons (Fsp3) is 0.364. The van der Waals surface area contributed by atoms with Gasteiger partial charge in [-0.15, -0.1) is 0 Å². The van der Waals surface area contributed by atoms with Crippen LogP contribution in [0.4, 0.5) is 14.5 Å². The maximum Gasteiger partial charge on any atom is 0.248 e. The zero-order valence-corrected chi connectivity index (χ0v) is 26.2. The van der Waals surface area contributed by atoms with Crippen molar-refractivity contribution in [2.75, 3.05) is 26.0 Å². The van der Waals surface area contributed by atoms with Gasteiger partial charge in [0.25, 0.3) is 0 Å². The summed E-state index contributed by atoms with van der Waals surface area (Å²) < 4.78 is 31.4. The van der Waals surface area contributed by atoms with E-state index in [1.807, 2.05) is 20.8 Å². The number of ketones is 1. The number of carbonyl (C=O) groups excluding carboxylic acids is 2. The number of likely N-dealkylation sites (tertiary alicyclic amines) is 1. The fourth-order valence-corrected chi connectivity index (χ4v) is 6.26. The largest absolute Gasteiger partial charge is 0.324 e. The van der Waals surface area contributed by atoms with Gasteiger partial charge >= 0.3 is 0 Å². The van der Waals surface area contributed by atoms with Crippen LogP contribution in [0.2, 0.25) is 10.0 Å². The highest BCUT2D eigenvalue weighted by molar-refractivity contribution is 6.31. The van der Waals surface area contributed by atoms with E-state index in [0.717, 1.165) is 0 Å². The number of nitrogens with zero attached hydrogens (tertiary/aromatic N) is 3. The molecular formula is C33H34Cl2F2N4O2. The first-order chi connectivity index (χ1) is 20.2. The molecule has 0 bridgehead atoms. The number of amides is 1. The molecule has 0 radical (unpaired) electrons. The van der Waals surface area contributed by atoms with Crippen molar-refractivity contribution >= 4 is 40.6 Å². The van der Waals surface area contributed by atoms with E-state index in [1.165, 1.54) is 29.2 Å². The Morgan fingerprint density at radius 1 is 1.00 bits per heavy atom. The summed E-state index contributed by atoms with van der Waals surface area (Å²) in [5.74, 6) is -3.78. The highest BCUT2D eigenvalue weighted by atomic mass is 35.5. The number of anilines is 1. The second-order valence-corrected chi connectivity index (χ2v) is 13.2. The molecule has 4 atom stereocenters. The van der Waals surface area contributed by atoms with Gasteiger partial charge in [-0.3, -0.25) is 14.5 Å². The summed E-state index contributed by atoms with van der Waals surface area (Å²) in [4.78, 5) is 29.7. The van der Waals surface area contributed by atoms with Gasteiger partial charge in [-0.1, -0.05) is 62.2 Å². The lowest BCUT2D eigenvalue weighted by Crippen LogP contribution is -2.43. The number of nitrogens with one attached hydrogen (secondary N) is 1. The van der Waals surface area contributed by atoms with E-state index in [1.54, 1.807) is 55.4 Å². The van der Waals surface area contributed by atoms with Crippen LogP contribution in [0.15, 0.2) is 60.7 Å². The van der Waals surface area contributed by atoms with Crippen LogP contribution in [0.3, 0.4) is 0 Å². The third-order valence-electron chi connectivity index (χ3n) is 7.60. The van der Waals surface area contributed by atoms with Crippen LogP contribution in [0.1, 0.15) is 60.5 Å². The van der Waals surface area contributed by atoms with Crippen LogP contribution >= 0.6 is 23.2 Å². The maximum absolute atomic E-state index is 15.8. The zero-order valence-electron chi connectivity index (χ0n) is 24.7. The molecule has 6 nitrogen and oxygen atoms in total. The molecule has 0 saturated carbocycles. The molecule has 0 aromatic heterocycles. The standard InChI is InChI=1S/C33H34Cl2F2N4O2/c1-33(2,3)16-26-28(22-14-11-20(34)15-25(22)36)29(23-7-6-8-24(35)30(23)37)31(41(26)18-38)32(43)39-21-12-9-19(10-13-21)27(42)17-40(4)5/h6-15,26,28-29,31H,16-17H2,1-5H3,(H,39,43)/t26-,28-,29-,31-/m1/s1. The van der Waals surface area contributed by atoms with Crippen molar-refractivity contribution in [1.29, 1.82) is 5.26 Å². The van der Waals surface area contributed by atoms with Crippen LogP contribution in [-0.2, 0) is 4.79 Å². The Kier molecular flexibility index (Phi) is 9.80. The number of carbonyl (C=O) groups is 2. The second kappa shape index (κ2) is 13.0. The minimum absolute atomic E-state index is 0.0799. The highest BCUT2D eigenvalue weighted by Crippen LogP contribution is 2.52. The summed E-state index contributed by atoms with van der Waals surface area (Å²) in [6.07, 6.45) is 2.58. The monoisotopic (exact) mass is 626 g/mol. The van der Waals surface area contributed by atoms with Crippen molar-refractivity contribution in [3.63, 3.8) is 0 Å². The van der Waals surface area contributed by atoms with Crippen molar-refractivity contribution in [3.05, 3.63) is 99.0 Å². The average Bonchev–Trinajstić information content (AvgIpc) is 3.22. The molecule has 1 aliphatic rings. The van der Waals surface area contributed by atoms with Gasteiger partial charge in [-0.2, -0.15) is 5.26 Å². The van der Waals surface area contributed by atoms with Crippen molar-refractivity contribution in [1.82, 2.24) is 9.80 Å². The van der Waals surface area contributed by atoms with Gasteiger partial charge in [-0.25, -0.2) is 8.78 Å². The van der Waals surface area contributed by atoms with Gasteiger partial charge in [0.15, 0.2) is 12.0 Å². The number of nitriles is 1. The molecule has 226 valence electrons. The van der Waals surface area contributed by atoms with Crippen LogP contribution in [0.5, 0.6) is 0 Å². The normalized spacial score (nSPS) is 20.3. The van der Waals surface area contributed by atoms with E-state index in [2.05, 4.69) is 11.5 Å². The Hall–Kier alpha value is -3.51. The molecule has 0 unspecified atom stereocenters. The topological polar surface area (TPSA) is 76.4 Å². The molecule has 1 saturated heterocycles. The first-order valence-corrected chi connectivity index (χ1v) is 14.6. The lowest BCUT2D eigenvalue weighted by Gasteiger charge is -2.32. The zero-order chi connectivity index (χ0) is 31.6. The fourth-order valence-electron chi connectivity index (χ4n) is 5.91. The molecule has 0 spiro atoms. The van der Waals surface area contributed by atoms with E-state index in [-0.39, 0.29) is 38.9 Å². The second-order valence-electron chi connectivity index (χ2n) is 12.4. The van der Waals surface area contributed by atoms with Crippen LogP contribution in [0, 0.1) is 28.5 Å². The van der Waals surface area contributed by atoms with Crippen molar-refractivity contribution in [3.8, 4) is 6.19 Å². The molecule has 1 aliphatic heterocycles. The summed E-state index contributed by atoms with van der Waals surface area (Å²) in [6, 6.07) is 13.3. The van der Waals surface area contributed by atoms with E-state index < -0.39 is 41.5 Å². The number of Topliss-reactive ketones (excluding diaryl/α,β-unsaturated/α-hetero) is 1. The number of rotatable bonds is 8. The molecule has 3 aromatic carbocycles. The van der Waals surface area contributed by atoms with Crippen LogP contribution in [0.25, 0.3) is 0 Å². The van der Waals surface area contributed by atoms with Crippen molar-refractivity contribution in [2.45, 2.75) is 51.1 Å². The summed E-state index contributed by atoms with van der Waals surface area (Å²) >= 11 is 12.3. The van der Waals surface area contributed by atoms with Crippen LogP contribution < -0.4 is 5.32 Å². The first-order valence-electron chi connectivity index (χ1n) is 13.9. The maximum atomic E-state index is 15.8. The van der Waals surface area contributed by atoms with Crippen LogP contribution in [-0.4, -0.2) is 54.2 Å². The number of benzene rings is 3. The quantitative estimate of drug-likeness (QED) is 0.207. The predicted octanol–water partition coefficient (Wildman–Crippen LogP) is 7.49. The molecular weight excluding hydrogens is 593 g/mol. The Balaban J connectivity index is 1.84. The summed E-state index contributed by atoms with van der Waals surface area (Å²) in [7, 11) is 3.59. The third kappa shape index (κ3) is 7.18. The minimum atomic E-state index is -1.21. The van der Waals surface area contributed by atoms with Gasteiger partial charge in [0.2, 0.25) is 5.91 Å². The predicted molar refractivity (Wildman–Crippen MR) is 165 cm³/mol. The van der Waals surface area contributed by atoms with E-state index in [4.69, 9.17) is 23.2 Å². The highest BCUT2D eigenvalue weighted by Gasteiger charge is 2.55. The molecule has 1 amide bonds. The molecule has 1 heterocycles. The Labute approximate surface area is 261 Å². The van der Waals surface area contributed by atoms with Gasteiger partial charge in [0.1, 0.15) is 17.7 Å². The summed E-state index contributed by atoms with van der Waals surface area (Å²) in [6.45, 7) is 6.19. The lowest BCUT2D eigenvalue weighted by atomic mass is 9.73. The van der Waals surface area contributed by atoms with E-state index in [9.17, 15) is 14.9 Å². The molecule has 1 N–H and O–H groups in total. The number of halogens is 4. The van der Waals surface area contributed by atoms with Crippen molar-refractivity contribution < 1.29 is 18.4 Å². The Bertz CT molecular complexity index is 1550. The van der Waals surface area contributed by atoms with Gasteiger partial charge in [0.05, 0.1) is 11.6 Å². The molecule has 1 fully saturated rings. The van der Waals surface area contributed by atoms with Gasteiger partial charge < -0.3 is 10.2 Å². The smallest absolute Gasteiger partial charge is 0.248 e. The molecule has 3 aromatic rings. The number of hydrogen-bond acceptors (Lipinski definition) is 5. The summed E-state index contributed by atoms with van der Waals surface area (Å²) in [5, 5.41) is 13.4. The van der Waals surface area contributed by atoms with Crippen molar-refractivity contribution in [2.24, 2.45) is 5.41 Å². The lowest BCUT2D eigenvalue weighted by molar-refractivity contribution is -0.120. The third-order valence-corrected chi connectivity index (χ3v) is 8.13. The Morgan fingerprint density at radius 3 is 2.26 bits per heavy atom. The van der Waals surface area contributed by atoms with E-state index >= 15 is 8.78 Å².